The fourth-order valence-electron chi connectivity index (χ4n) is 3.66. The summed E-state index contributed by atoms with van der Waals surface area (Å²) >= 11 is 1.80. The van der Waals surface area contributed by atoms with Crippen LogP contribution in [0.3, 0.4) is 0 Å². The first-order valence-electron chi connectivity index (χ1n) is 9.62. The fraction of sp³-hybridized carbons (Fsp3) is 0.455. The van der Waals surface area contributed by atoms with Crippen LogP contribution in [0.1, 0.15) is 43.0 Å². The highest BCUT2D eigenvalue weighted by Crippen LogP contribution is 2.25. The number of hydrogen-bond donors (Lipinski definition) is 0. The van der Waals surface area contributed by atoms with Gasteiger partial charge in [0.1, 0.15) is 0 Å². The maximum atomic E-state index is 12.9. The fourth-order valence-corrected chi connectivity index (χ4v) is 4.50. The molecule has 2 aromatic rings. The number of aryl methyl sites for hydroxylation is 1. The number of pyridine rings is 1. The van der Waals surface area contributed by atoms with Crippen LogP contribution in [0.5, 0.6) is 0 Å². The van der Waals surface area contributed by atoms with Crippen molar-refractivity contribution in [2.24, 2.45) is 0 Å². The number of hydrogen-bond acceptors (Lipinski definition) is 3. The van der Waals surface area contributed by atoms with Crippen LogP contribution in [0.2, 0.25) is 0 Å². The number of nitrogens with zero attached hydrogens (tertiary/aromatic N) is 2. The summed E-state index contributed by atoms with van der Waals surface area (Å²) in [6, 6.07) is 15.0. The SMILES string of the molecule is CCCN(C(=O)CCSCc1ccccn1)C1CCc2ccccc2C1. The Balaban J connectivity index is 1.51. The highest BCUT2D eigenvalue weighted by molar-refractivity contribution is 7.98. The standard InChI is InChI=1S/C22H28N2OS/c1-2-14-24(21-11-10-18-7-3-4-8-19(18)16-21)22(25)12-15-26-17-20-9-5-6-13-23-20/h3-9,13,21H,2,10-12,14-17H2,1H3. The van der Waals surface area contributed by atoms with E-state index in [2.05, 4.69) is 41.1 Å². The lowest BCUT2D eigenvalue weighted by Crippen LogP contribution is -2.44. The maximum absolute atomic E-state index is 12.9. The number of rotatable bonds is 8. The number of thioether (sulfide) groups is 1. The molecule has 26 heavy (non-hydrogen) atoms. The molecule has 138 valence electrons. The van der Waals surface area contributed by atoms with Crippen LogP contribution in [0.4, 0.5) is 0 Å². The molecule has 0 aliphatic heterocycles. The molecule has 1 amide bonds. The summed E-state index contributed by atoms with van der Waals surface area (Å²) < 4.78 is 0. The van der Waals surface area contributed by atoms with Gasteiger partial charge in [0, 0.05) is 36.7 Å². The Morgan fingerprint density at radius 1 is 1.19 bits per heavy atom. The van der Waals surface area contributed by atoms with Crippen LogP contribution >= 0.6 is 11.8 Å². The largest absolute Gasteiger partial charge is 0.339 e. The second kappa shape index (κ2) is 9.77. The zero-order valence-corrected chi connectivity index (χ0v) is 16.4. The first-order valence-corrected chi connectivity index (χ1v) is 10.8. The van der Waals surface area contributed by atoms with E-state index in [0.29, 0.717) is 18.4 Å². The molecule has 0 bridgehead atoms. The second-order valence-electron chi connectivity index (χ2n) is 6.88. The minimum Gasteiger partial charge on any atom is -0.339 e. The van der Waals surface area contributed by atoms with Gasteiger partial charge in [0.05, 0.1) is 5.69 Å². The highest BCUT2D eigenvalue weighted by Gasteiger charge is 2.26. The lowest BCUT2D eigenvalue weighted by molar-refractivity contribution is -0.133. The molecule has 3 nitrogen and oxygen atoms in total. The van der Waals surface area contributed by atoms with Crippen molar-refractivity contribution in [1.82, 2.24) is 9.88 Å². The summed E-state index contributed by atoms with van der Waals surface area (Å²) in [5.74, 6) is 2.04. The first-order chi connectivity index (χ1) is 12.8. The van der Waals surface area contributed by atoms with Gasteiger partial charge in [-0.15, -0.1) is 0 Å². The van der Waals surface area contributed by atoms with Gasteiger partial charge < -0.3 is 4.90 Å². The highest BCUT2D eigenvalue weighted by atomic mass is 32.2. The summed E-state index contributed by atoms with van der Waals surface area (Å²) in [5.41, 5.74) is 3.96. The third kappa shape index (κ3) is 5.10. The van der Waals surface area contributed by atoms with Crippen molar-refractivity contribution in [2.75, 3.05) is 12.3 Å². The van der Waals surface area contributed by atoms with Crippen LogP contribution in [-0.4, -0.2) is 34.1 Å². The average molecular weight is 369 g/mol. The van der Waals surface area contributed by atoms with Gasteiger partial charge in [0.15, 0.2) is 0 Å². The number of benzene rings is 1. The molecule has 0 N–H and O–H groups in total. The molecular formula is C22H28N2OS. The molecular weight excluding hydrogens is 340 g/mol. The zero-order chi connectivity index (χ0) is 18.2. The van der Waals surface area contributed by atoms with E-state index in [0.717, 1.165) is 49.4 Å². The van der Waals surface area contributed by atoms with Crippen molar-refractivity contribution < 1.29 is 4.79 Å². The molecule has 1 heterocycles. The molecule has 0 radical (unpaired) electrons. The van der Waals surface area contributed by atoms with Gasteiger partial charge in [-0.1, -0.05) is 37.3 Å². The molecule has 0 saturated carbocycles. The third-order valence-corrected chi connectivity index (χ3v) is 5.98. The smallest absolute Gasteiger partial charge is 0.223 e. The van der Waals surface area contributed by atoms with Crippen molar-refractivity contribution >= 4 is 17.7 Å². The van der Waals surface area contributed by atoms with E-state index in [1.807, 2.05) is 24.4 Å². The average Bonchev–Trinajstić information content (AvgIpc) is 2.69. The number of carbonyl (C=O) groups excluding carboxylic acids is 1. The first kappa shape index (κ1) is 19.0. The molecule has 1 aliphatic rings. The van der Waals surface area contributed by atoms with Crippen molar-refractivity contribution in [3.8, 4) is 0 Å². The Labute approximate surface area is 161 Å². The molecule has 1 unspecified atom stereocenters. The molecule has 4 heteroatoms. The summed E-state index contributed by atoms with van der Waals surface area (Å²) in [4.78, 5) is 19.3. The second-order valence-corrected chi connectivity index (χ2v) is 7.98. The van der Waals surface area contributed by atoms with E-state index in [-0.39, 0.29) is 0 Å². The summed E-state index contributed by atoms with van der Waals surface area (Å²) in [6.07, 6.45) is 6.64. The zero-order valence-electron chi connectivity index (χ0n) is 15.6. The molecule has 3 rings (SSSR count). The van der Waals surface area contributed by atoms with Crippen molar-refractivity contribution in [3.63, 3.8) is 0 Å². The summed E-state index contributed by atoms with van der Waals surface area (Å²) in [7, 11) is 0. The maximum Gasteiger partial charge on any atom is 0.223 e. The van der Waals surface area contributed by atoms with Gasteiger partial charge in [-0.05, 0) is 48.9 Å². The number of amides is 1. The van der Waals surface area contributed by atoms with Crippen LogP contribution in [-0.2, 0) is 23.4 Å². The monoisotopic (exact) mass is 368 g/mol. The Bertz CT molecular complexity index is 704. The number of aromatic nitrogens is 1. The molecule has 0 saturated heterocycles. The lowest BCUT2D eigenvalue weighted by atomic mass is 9.87. The van der Waals surface area contributed by atoms with Gasteiger partial charge in [0.2, 0.25) is 5.91 Å². The van der Waals surface area contributed by atoms with Crippen LogP contribution in [0.15, 0.2) is 48.7 Å². The Kier molecular flexibility index (Phi) is 7.13. The van der Waals surface area contributed by atoms with Crippen molar-refractivity contribution in [3.05, 3.63) is 65.5 Å². The van der Waals surface area contributed by atoms with Crippen LogP contribution in [0, 0.1) is 0 Å². The van der Waals surface area contributed by atoms with Gasteiger partial charge >= 0.3 is 0 Å². The summed E-state index contributed by atoms with van der Waals surface area (Å²) in [5, 5.41) is 0. The lowest BCUT2D eigenvalue weighted by Gasteiger charge is -2.35. The van der Waals surface area contributed by atoms with E-state index in [4.69, 9.17) is 0 Å². The van der Waals surface area contributed by atoms with E-state index < -0.39 is 0 Å². The van der Waals surface area contributed by atoms with E-state index in [1.165, 1.54) is 11.1 Å². The summed E-state index contributed by atoms with van der Waals surface area (Å²) in [6.45, 7) is 3.03. The van der Waals surface area contributed by atoms with Gasteiger partial charge in [0.25, 0.3) is 0 Å². The molecule has 0 fully saturated rings. The van der Waals surface area contributed by atoms with E-state index >= 15 is 0 Å². The predicted octanol–water partition coefficient (Wildman–Crippen LogP) is 4.50. The van der Waals surface area contributed by atoms with E-state index in [9.17, 15) is 4.79 Å². The molecule has 0 spiro atoms. The van der Waals surface area contributed by atoms with Crippen LogP contribution in [0.25, 0.3) is 0 Å². The molecule has 1 aliphatic carbocycles. The topological polar surface area (TPSA) is 33.2 Å². The number of carbonyl (C=O) groups is 1. The molecule has 1 aromatic heterocycles. The van der Waals surface area contributed by atoms with Gasteiger partial charge in [-0.25, -0.2) is 0 Å². The van der Waals surface area contributed by atoms with Gasteiger partial charge in [-0.3, -0.25) is 9.78 Å². The van der Waals surface area contributed by atoms with Crippen molar-refractivity contribution in [2.45, 2.75) is 50.8 Å². The Morgan fingerprint density at radius 3 is 2.77 bits per heavy atom. The molecule has 1 atom stereocenters. The normalized spacial score (nSPS) is 16.1. The third-order valence-electron chi connectivity index (χ3n) is 4.98. The predicted molar refractivity (Wildman–Crippen MR) is 109 cm³/mol. The minimum absolute atomic E-state index is 0.310. The molecule has 1 aromatic carbocycles. The Morgan fingerprint density at radius 2 is 2.00 bits per heavy atom. The Hall–Kier alpha value is -1.81. The quantitative estimate of drug-likeness (QED) is 0.643. The van der Waals surface area contributed by atoms with Gasteiger partial charge in [-0.2, -0.15) is 11.8 Å². The van der Waals surface area contributed by atoms with Crippen LogP contribution < -0.4 is 0 Å². The number of fused-ring (bicyclic) bond motifs is 1. The van der Waals surface area contributed by atoms with E-state index in [1.54, 1.807) is 11.8 Å². The minimum atomic E-state index is 0.310. The van der Waals surface area contributed by atoms with Crippen molar-refractivity contribution in [1.29, 1.82) is 0 Å².